The molecular weight excluding hydrogens is 330 g/mol. The second-order valence-electron chi connectivity index (χ2n) is 6.84. The van der Waals surface area contributed by atoms with Crippen molar-refractivity contribution in [1.29, 1.82) is 0 Å². The fourth-order valence-corrected chi connectivity index (χ4v) is 5.35. The Morgan fingerprint density at radius 1 is 1.25 bits per heavy atom. The van der Waals surface area contributed by atoms with Crippen molar-refractivity contribution in [3.63, 3.8) is 0 Å². The molecule has 2 saturated heterocycles. The summed E-state index contributed by atoms with van der Waals surface area (Å²) in [4.78, 5) is 0. The van der Waals surface area contributed by atoms with E-state index < -0.39 is 10.2 Å². The second-order valence-corrected chi connectivity index (χ2v) is 8.77. The molecule has 2 atom stereocenters. The normalized spacial score (nSPS) is 27.8. The van der Waals surface area contributed by atoms with Gasteiger partial charge in [0, 0.05) is 51.9 Å². The Balaban J connectivity index is 1.66. The van der Waals surface area contributed by atoms with Crippen molar-refractivity contribution >= 4 is 10.2 Å². The SMILES string of the molecule is COCC1CCN(S(=O)(=O)N2C[C@@H](N)[C@H](c3ccc(C)o3)C2)CC1. The molecule has 1 aromatic rings. The molecule has 0 spiro atoms. The number of piperidine rings is 1. The van der Waals surface area contributed by atoms with E-state index in [4.69, 9.17) is 14.9 Å². The number of nitrogens with zero attached hydrogens (tertiary/aromatic N) is 2. The van der Waals surface area contributed by atoms with Crippen molar-refractivity contribution in [3.05, 3.63) is 23.7 Å². The molecule has 0 bridgehead atoms. The van der Waals surface area contributed by atoms with Gasteiger partial charge in [-0.15, -0.1) is 0 Å². The molecule has 8 heteroatoms. The first-order valence-electron chi connectivity index (χ1n) is 8.48. The summed E-state index contributed by atoms with van der Waals surface area (Å²) in [7, 11) is -1.78. The molecular formula is C16H27N3O4S. The monoisotopic (exact) mass is 357 g/mol. The van der Waals surface area contributed by atoms with Crippen LogP contribution < -0.4 is 5.73 Å². The topological polar surface area (TPSA) is 89.0 Å². The number of ether oxygens (including phenoxy) is 1. The van der Waals surface area contributed by atoms with Crippen LogP contribution in [0.4, 0.5) is 0 Å². The zero-order valence-corrected chi connectivity index (χ0v) is 15.2. The molecule has 136 valence electrons. The Hall–Kier alpha value is -0.930. The van der Waals surface area contributed by atoms with Gasteiger partial charge in [-0.3, -0.25) is 0 Å². The average molecular weight is 357 g/mol. The molecule has 0 radical (unpaired) electrons. The molecule has 2 fully saturated rings. The lowest BCUT2D eigenvalue weighted by Crippen LogP contribution is -2.47. The van der Waals surface area contributed by atoms with Gasteiger partial charge in [0.05, 0.1) is 0 Å². The number of hydrogen-bond donors (Lipinski definition) is 1. The van der Waals surface area contributed by atoms with Gasteiger partial charge in [-0.1, -0.05) is 0 Å². The van der Waals surface area contributed by atoms with E-state index in [2.05, 4.69) is 0 Å². The second kappa shape index (κ2) is 7.13. The molecule has 3 rings (SSSR count). The first-order valence-corrected chi connectivity index (χ1v) is 9.87. The fraction of sp³-hybridized carbons (Fsp3) is 0.750. The third-order valence-electron chi connectivity index (χ3n) is 5.09. The van der Waals surface area contributed by atoms with E-state index in [1.165, 1.54) is 4.31 Å². The maximum atomic E-state index is 12.9. The van der Waals surface area contributed by atoms with Gasteiger partial charge >= 0.3 is 0 Å². The molecule has 24 heavy (non-hydrogen) atoms. The van der Waals surface area contributed by atoms with Gasteiger partial charge in [-0.2, -0.15) is 17.0 Å². The van der Waals surface area contributed by atoms with Crippen LogP contribution in [0.15, 0.2) is 16.5 Å². The van der Waals surface area contributed by atoms with Gasteiger partial charge < -0.3 is 14.9 Å². The number of nitrogens with two attached hydrogens (primary N) is 1. The standard InChI is InChI=1S/C16H27N3O4S/c1-12-3-4-16(23-12)14-9-19(10-15(14)17)24(20,21)18-7-5-13(6-8-18)11-22-2/h3-4,13-15H,5-11,17H2,1-2H3/t14-,15-/m1/s1. The Kier molecular flexibility index (Phi) is 5.31. The summed E-state index contributed by atoms with van der Waals surface area (Å²) in [5.74, 6) is 1.95. The van der Waals surface area contributed by atoms with Gasteiger partial charge in [-0.05, 0) is 37.8 Å². The first kappa shape index (κ1) is 17.9. The van der Waals surface area contributed by atoms with Crippen molar-refractivity contribution in [3.8, 4) is 0 Å². The van der Waals surface area contributed by atoms with E-state index in [0.717, 1.165) is 24.4 Å². The average Bonchev–Trinajstić information content (AvgIpc) is 3.14. The quantitative estimate of drug-likeness (QED) is 0.846. The van der Waals surface area contributed by atoms with Crippen LogP contribution in [0.25, 0.3) is 0 Å². The maximum absolute atomic E-state index is 12.9. The van der Waals surface area contributed by atoms with Gasteiger partial charge in [0.2, 0.25) is 0 Å². The lowest BCUT2D eigenvalue weighted by Gasteiger charge is -2.33. The predicted octanol–water partition coefficient (Wildman–Crippen LogP) is 0.918. The van der Waals surface area contributed by atoms with Crippen LogP contribution in [0.5, 0.6) is 0 Å². The van der Waals surface area contributed by atoms with Gasteiger partial charge in [0.25, 0.3) is 10.2 Å². The zero-order chi connectivity index (χ0) is 17.3. The van der Waals surface area contributed by atoms with Crippen molar-refractivity contribution in [1.82, 2.24) is 8.61 Å². The molecule has 7 nitrogen and oxygen atoms in total. The highest BCUT2D eigenvalue weighted by Gasteiger charge is 2.42. The van der Waals surface area contributed by atoms with Crippen molar-refractivity contribution in [2.45, 2.75) is 31.7 Å². The Morgan fingerprint density at radius 2 is 1.96 bits per heavy atom. The van der Waals surface area contributed by atoms with E-state index in [9.17, 15) is 8.42 Å². The van der Waals surface area contributed by atoms with E-state index in [1.807, 2.05) is 19.1 Å². The van der Waals surface area contributed by atoms with Crippen molar-refractivity contribution < 1.29 is 17.6 Å². The van der Waals surface area contributed by atoms with E-state index in [0.29, 0.717) is 38.7 Å². The molecule has 2 aliphatic rings. The summed E-state index contributed by atoms with van der Waals surface area (Å²) in [6, 6.07) is 3.54. The molecule has 0 aliphatic carbocycles. The number of methoxy groups -OCH3 is 1. The number of rotatable bonds is 5. The highest BCUT2D eigenvalue weighted by atomic mass is 32.2. The molecule has 0 saturated carbocycles. The number of aryl methyl sites for hydroxylation is 1. The van der Waals surface area contributed by atoms with Gasteiger partial charge in [0.15, 0.2) is 0 Å². The van der Waals surface area contributed by atoms with Crippen LogP contribution in [0.1, 0.15) is 30.3 Å². The summed E-state index contributed by atoms with van der Waals surface area (Å²) in [5, 5.41) is 0. The van der Waals surface area contributed by atoms with Gasteiger partial charge in [-0.25, -0.2) is 0 Å². The summed E-state index contributed by atoms with van der Waals surface area (Å²) in [5.41, 5.74) is 6.20. The highest BCUT2D eigenvalue weighted by molar-refractivity contribution is 7.86. The molecule has 2 N–H and O–H groups in total. The Labute approximate surface area is 143 Å². The highest BCUT2D eigenvalue weighted by Crippen LogP contribution is 2.31. The third-order valence-corrected chi connectivity index (χ3v) is 7.06. The van der Waals surface area contributed by atoms with E-state index in [1.54, 1.807) is 11.4 Å². The van der Waals surface area contributed by atoms with Crippen LogP contribution in [0, 0.1) is 12.8 Å². The summed E-state index contributed by atoms with van der Waals surface area (Å²) in [6.07, 6.45) is 1.68. The van der Waals surface area contributed by atoms with E-state index >= 15 is 0 Å². The molecule has 1 aromatic heterocycles. The smallest absolute Gasteiger partial charge is 0.282 e. The van der Waals surface area contributed by atoms with Crippen LogP contribution >= 0.6 is 0 Å². The zero-order valence-electron chi connectivity index (χ0n) is 14.3. The van der Waals surface area contributed by atoms with Crippen molar-refractivity contribution in [2.75, 3.05) is 39.9 Å². The van der Waals surface area contributed by atoms with Crippen LogP contribution in [0.2, 0.25) is 0 Å². The largest absolute Gasteiger partial charge is 0.466 e. The summed E-state index contributed by atoms with van der Waals surface area (Å²) >= 11 is 0. The molecule has 3 heterocycles. The van der Waals surface area contributed by atoms with Crippen molar-refractivity contribution in [2.24, 2.45) is 11.7 Å². The number of hydrogen-bond acceptors (Lipinski definition) is 5. The minimum atomic E-state index is -3.46. The Morgan fingerprint density at radius 3 is 2.54 bits per heavy atom. The summed E-state index contributed by atoms with van der Waals surface area (Å²) < 4.78 is 39.8. The third kappa shape index (κ3) is 3.52. The minimum Gasteiger partial charge on any atom is -0.466 e. The lowest BCUT2D eigenvalue weighted by atomic mass is 9.99. The summed E-state index contributed by atoms with van der Waals surface area (Å²) in [6.45, 7) is 4.39. The van der Waals surface area contributed by atoms with Gasteiger partial charge in [0.1, 0.15) is 11.5 Å². The number of furan rings is 1. The minimum absolute atomic E-state index is 0.0838. The molecule has 0 aromatic carbocycles. The van der Waals surface area contributed by atoms with Crippen LogP contribution in [-0.2, 0) is 14.9 Å². The van der Waals surface area contributed by atoms with E-state index in [-0.39, 0.29) is 12.0 Å². The molecule has 0 amide bonds. The molecule has 0 unspecified atom stereocenters. The fourth-order valence-electron chi connectivity index (χ4n) is 3.64. The Bertz CT molecular complexity index is 652. The lowest BCUT2D eigenvalue weighted by molar-refractivity contribution is 0.120. The first-order chi connectivity index (χ1) is 11.4. The maximum Gasteiger partial charge on any atom is 0.282 e. The predicted molar refractivity (Wildman–Crippen MR) is 90.8 cm³/mol. The van der Waals surface area contributed by atoms with Crippen LogP contribution in [0.3, 0.4) is 0 Å². The molecule has 2 aliphatic heterocycles. The van der Waals surface area contributed by atoms with Crippen LogP contribution in [-0.4, -0.2) is 63.0 Å².